The number of morpholine rings is 1. The van der Waals surface area contributed by atoms with E-state index < -0.39 is 10.0 Å². The summed E-state index contributed by atoms with van der Waals surface area (Å²) in [4.78, 5) is 12.4. The largest absolute Gasteiger partial charge is 0.494 e. The summed E-state index contributed by atoms with van der Waals surface area (Å²) < 4.78 is 37.7. The number of carbonyl (C=O) groups is 1. The van der Waals surface area contributed by atoms with Gasteiger partial charge in [-0.1, -0.05) is 29.8 Å². The summed E-state index contributed by atoms with van der Waals surface area (Å²) in [7, 11) is -3.49. The third-order valence-electron chi connectivity index (χ3n) is 5.35. The van der Waals surface area contributed by atoms with Crippen molar-refractivity contribution in [3.63, 3.8) is 0 Å². The second kappa shape index (κ2) is 12.0. The maximum Gasteiger partial charge on any atom is 0.243 e. The smallest absolute Gasteiger partial charge is 0.243 e. The molecule has 0 aliphatic carbocycles. The van der Waals surface area contributed by atoms with Crippen LogP contribution in [0.2, 0.25) is 0 Å². The van der Waals surface area contributed by atoms with Gasteiger partial charge in [0.15, 0.2) is 0 Å². The van der Waals surface area contributed by atoms with Crippen LogP contribution in [0.1, 0.15) is 30.4 Å². The first-order valence-corrected chi connectivity index (χ1v) is 12.5. The fourth-order valence-corrected chi connectivity index (χ4v) is 4.80. The molecule has 0 saturated carbocycles. The second-order valence-electron chi connectivity index (χ2n) is 7.88. The lowest BCUT2D eigenvalue weighted by Gasteiger charge is -2.26. The Morgan fingerprint density at radius 1 is 1.03 bits per heavy atom. The predicted molar refractivity (Wildman–Crippen MR) is 123 cm³/mol. The van der Waals surface area contributed by atoms with Gasteiger partial charge in [0.25, 0.3) is 0 Å². The number of ether oxygens (including phenoxy) is 2. The molecule has 1 N–H and O–H groups in total. The Morgan fingerprint density at radius 3 is 2.41 bits per heavy atom. The third kappa shape index (κ3) is 7.32. The second-order valence-corrected chi connectivity index (χ2v) is 9.82. The molecule has 2 aromatic carbocycles. The minimum absolute atomic E-state index is 0.00512. The highest BCUT2D eigenvalue weighted by molar-refractivity contribution is 7.89. The molecular weight excluding hydrogens is 428 g/mol. The fraction of sp³-hybridized carbons (Fsp3) is 0.458. The molecule has 1 fully saturated rings. The lowest BCUT2D eigenvalue weighted by molar-refractivity contribution is -0.121. The zero-order valence-electron chi connectivity index (χ0n) is 18.6. The summed E-state index contributed by atoms with van der Waals surface area (Å²) in [5.74, 6) is 0.859. The van der Waals surface area contributed by atoms with E-state index >= 15 is 0 Å². The molecule has 0 spiro atoms. The van der Waals surface area contributed by atoms with Crippen molar-refractivity contribution in [1.82, 2.24) is 9.62 Å². The van der Waals surface area contributed by atoms with Crippen molar-refractivity contribution in [3.05, 3.63) is 59.7 Å². The lowest BCUT2D eigenvalue weighted by Crippen LogP contribution is -2.40. The Hall–Kier alpha value is -2.42. The lowest BCUT2D eigenvalue weighted by atomic mass is 10.1. The van der Waals surface area contributed by atoms with Crippen molar-refractivity contribution < 1.29 is 22.7 Å². The van der Waals surface area contributed by atoms with Crippen LogP contribution in [-0.4, -0.2) is 58.1 Å². The number of hydrogen-bond donors (Lipinski definition) is 1. The zero-order chi connectivity index (χ0) is 22.8. The van der Waals surface area contributed by atoms with Gasteiger partial charge in [0.1, 0.15) is 5.75 Å². The highest BCUT2D eigenvalue weighted by atomic mass is 32.2. The molecule has 1 amide bonds. The Labute approximate surface area is 190 Å². The van der Waals surface area contributed by atoms with E-state index in [-0.39, 0.29) is 10.8 Å². The van der Waals surface area contributed by atoms with E-state index in [4.69, 9.17) is 9.47 Å². The number of amides is 1. The van der Waals surface area contributed by atoms with E-state index in [1.165, 1.54) is 9.87 Å². The number of benzene rings is 2. The minimum Gasteiger partial charge on any atom is -0.494 e. The average Bonchev–Trinajstić information content (AvgIpc) is 2.82. The summed E-state index contributed by atoms with van der Waals surface area (Å²) in [6, 6.07) is 14.8. The van der Waals surface area contributed by atoms with Crippen LogP contribution < -0.4 is 10.1 Å². The molecule has 0 unspecified atom stereocenters. The van der Waals surface area contributed by atoms with Gasteiger partial charge in [-0.15, -0.1) is 0 Å². The molecule has 1 saturated heterocycles. The van der Waals surface area contributed by atoms with Crippen LogP contribution in [0.3, 0.4) is 0 Å². The number of unbranched alkanes of at least 4 members (excludes halogenated alkanes) is 1. The van der Waals surface area contributed by atoms with Gasteiger partial charge in [-0.3, -0.25) is 4.79 Å². The molecule has 0 radical (unpaired) electrons. The molecule has 1 aliphatic heterocycles. The van der Waals surface area contributed by atoms with Gasteiger partial charge in [-0.2, -0.15) is 4.31 Å². The zero-order valence-corrected chi connectivity index (χ0v) is 19.4. The molecule has 0 bridgehead atoms. The van der Waals surface area contributed by atoms with Gasteiger partial charge in [-0.25, -0.2) is 8.42 Å². The van der Waals surface area contributed by atoms with E-state index in [1.54, 1.807) is 24.3 Å². The van der Waals surface area contributed by atoms with Crippen LogP contribution in [0.25, 0.3) is 0 Å². The minimum atomic E-state index is -3.49. The highest BCUT2D eigenvalue weighted by Gasteiger charge is 2.26. The van der Waals surface area contributed by atoms with Gasteiger partial charge in [0, 0.05) is 26.1 Å². The summed E-state index contributed by atoms with van der Waals surface area (Å²) in [6.45, 7) is 4.88. The SMILES string of the molecule is Cc1ccc(OCCCCNC(=O)CCc2ccc(S(=O)(=O)N3CCOCC3)cc2)cc1. The van der Waals surface area contributed by atoms with Crippen LogP contribution >= 0.6 is 0 Å². The Morgan fingerprint density at radius 2 is 1.72 bits per heavy atom. The first kappa shape index (κ1) is 24.2. The molecule has 0 aromatic heterocycles. The third-order valence-corrected chi connectivity index (χ3v) is 7.27. The summed E-state index contributed by atoms with van der Waals surface area (Å²) in [5, 5.41) is 2.93. The fourth-order valence-electron chi connectivity index (χ4n) is 3.39. The van der Waals surface area contributed by atoms with Crippen LogP contribution in [0, 0.1) is 6.92 Å². The standard InChI is InChI=1S/C24H32N2O5S/c1-20-4-9-22(10-5-20)31-17-3-2-14-25-24(27)13-8-21-6-11-23(12-7-21)32(28,29)26-15-18-30-19-16-26/h4-7,9-12H,2-3,8,13-19H2,1H3,(H,25,27). The van der Waals surface area contributed by atoms with Crippen molar-refractivity contribution >= 4 is 15.9 Å². The molecule has 8 heteroatoms. The Bertz CT molecular complexity index is 953. The van der Waals surface area contributed by atoms with Crippen LogP contribution in [0.5, 0.6) is 5.75 Å². The highest BCUT2D eigenvalue weighted by Crippen LogP contribution is 2.18. The number of carbonyl (C=O) groups excluding carboxylic acids is 1. The van der Waals surface area contributed by atoms with E-state index in [9.17, 15) is 13.2 Å². The first-order valence-electron chi connectivity index (χ1n) is 11.1. The molecule has 174 valence electrons. The first-order chi connectivity index (χ1) is 15.4. The monoisotopic (exact) mass is 460 g/mol. The van der Waals surface area contributed by atoms with Crippen molar-refractivity contribution in [2.45, 2.75) is 37.5 Å². The number of sulfonamides is 1. The van der Waals surface area contributed by atoms with E-state index in [0.717, 1.165) is 24.2 Å². The molecule has 3 rings (SSSR count). The summed E-state index contributed by atoms with van der Waals surface area (Å²) in [5.41, 5.74) is 2.14. The normalized spacial score (nSPS) is 14.8. The van der Waals surface area contributed by atoms with E-state index in [2.05, 4.69) is 5.32 Å². The number of hydrogen-bond acceptors (Lipinski definition) is 5. The van der Waals surface area contributed by atoms with Crippen molar-refractivity contribution in [3.8, 4) is 5.75 Å². The van der Waals surface area contributed by atoms with Gasteiger partial charge in [0.05, 0.1) is 24.7 Å². The van der Waals surface area contributed by atoms with Crippen molar-refractivity contribution in [1.29, 1.82) is 0 Å². The molecule has 32 heavy (non-hydrogen) atoms. The molecule has 1 aliphatic rings. The average molecular weight is 461 g/mol. The quantitative estimate of drug-likeness (QED) is 0.521. The van der Waals surface area contributed by atoms with Crippen LogP contribution in [0.4, 0.5) is 0 Å². The predicted octanol–water partition coefficient (Wildman–Crippen LogP) is 2.92. The van der Waals surface area contributed by atoms with Crippen LogP contribution in [0.15, 0.2) is 53.4 Å². The number of nitrogens with one attached hydrogen (secondary N) is 1. The van der Waals surface area contributed by atoms with Gasteiger partial charge in [-0.05, 0) is 56.0 Å². The van der Waals surface area contributed by atoms with Gasteiger partial charge < -0.3 is 14.8 Å². The van der Waals surface area contributed by atoms with Gasteiger partial charge >= 0.3 is 0 Å². The number of nitrogens with zero attached hydrogens (tertiary/aromatic N) is 1. The number of aryl methyl sites for hydroxylation is 2. The maximum absolute atomic E-state index is 12.6. The van der Waals surface area contributed by atoms with Crippen LogP contribution in [-0.2, 0) is 26.0 Å². The number of rotatable bonds is 11. The van der Waals surface area contributed by atoms with E-state index in [0.29, 0.717) is 52.3 Å². The molecule has 7 nitrogen and oxygen atoms in total. The molecule has 0 atom stereocenters. The Kier molecular flexibility index (Phi) is 9.08. The molecule has 1 heterocycles. The topological polar surface area (TPSA) is 84.9 Å². The van der Waals surface area contributed by atoms with Gasteiger partial charge in [0.2, 0.25) is 15.9 Å². The maximum atomic E-state index is 12.6. The molecular formula is C24H32N2O5S. The summed E-state index contributed by atoms with van der Waals surface area (Å²) in [6.07, 6.45) is 2.66. The Balaban J connectivity index is 1.32. The van der Waals surface area contributed by atoms with E-state index in [1.807, 2.05) is 31.2 Å². The van der Waals surface area contributed by atoms with Crippen molar-refractivity contribution in [2.75, 3.05) is 39.5 Å². The molecule has 2 aromatic rings. The van der Waals surface area contributed by atoms with Crippen molar-refractivity contribution in [2.24, 2.45) is 0 Å². The summed E-state index contributed by atoms with van der Waals surface area (Å²) >= 11 is 0.